The molecule has 6 nitrogen and oxygen atoms in total. The molecule has 0 amide bonds. The third kappa shape index (κ3) is 4.04. The summed E-state index contributed by atoms with van der Waals surface area (Å²) >= 11 is 0. The SMILES string of the molecule is CN(C)Cc1cncc(N2CCC[C@H](c3[nH]ncc3-c3ccc(F)cc3)C2)n1. The number of piperidine rings is 1. The number of benzene rings is 1. The highest BCUT2D eigenvalue weighted by atomic mass is 19.1. The molecule has 0 aliphatic carbocycles. The number of hydrogen-bond acceptors (Lipinski definition) is 5. The largest absolute Gasteiger partial charge is 0.355 e. The quantitative estimate of drug-likeness (QED) is 0.735. The van der Waals surface area contributed by atoms with E-state index in [0.717, 1.165) is 60.8 Å². The van der Waals surface area contributed by atoms with Crippen molar-refractivity contribution in [3.8, 4) is 11.1 Å². The maximum absolute atomic E-state index is 13.3. The molecule has 1 aliphatic heterocycles. The zero-order valence-corrected chi connectivity index (χ0v) is 16.3. The van der Waals surface area contributed by atoms with Crippen LogP contribution in [0.3, 0.4) is 0 Å². The van der Waals surface area contributed by atoms with Gasteiger partial charge in [-0.3, -0.25) is 10.1 Å². The fourth-order valence-corrected chi connectivity index (χ4v) is 3.84. The van der Waals surface area contributed by atoms with Gasteiger partial charge in [-0.2, -0.15) is 5.10 Å². The first-order valence-electron chi connectivity index (χ1n) is 9.60. The van der Waals surface area contributed by atoms with Crippen LogP contribution in [0.1, 0.15) is 30.1 Å². The number of rotatable bonds is 5. The van der Waals surface area contributed by atoms with Crippen LogP contribution in [0, 0.1) is 5.82 Å². The highest BCUT2D eigenvalue weighted by Crippen LogP contribution is 2.34. The number of nitrogens with zero attached hydrogens (tertiary/aromatic N) is 5. The minimum absolute atomic E-state index is 0.228. The lowest BCUT2D eigenvalue weighted by Gasteiger charge is -2.33. The molecule has 4 rings (SSSR count). The number of H-pyrrole nitrogens is 1. The molecule has 1 atom stereocenters. The van der Waals surface area contributed by atoms with E-state index in [2.05, 4.69) is 25.0 Å². The van der Waals surface area contributed by atoms with Crippen molar-refractivity contribution in [1.29, 1.82) is 0 Å². The van der Waals surface area contributed by atoms with Gasteiger partial charge in [-0.15, -0.1) is 0 Å². The van der Waals surface area contributed by atoms with Crippen molar-refractivity contribution in [2.45, 2.75) is 25.3 Å². The molecule has 1 aromatic carbocycles. The number of nitrogens with one attached hydrogen (secondary N) is 1. The molecule has 7 heteroatoms. The van der Waals surface area contributed by atoms with Gasteiger partial charge in [0.15, 0.2) is 0 Å². The number of aromatic nitrogens is 4. The van der Waals surface area contributed by atoms with Gasteiger partial charge in [0.25, 0.3) is 0 Å². The molecule has 1 N–H and O–H groups in total. The van der Waals surface area contributed by atoms with Crippen LogP contribution in [0.25, 0.3) is 11.1 Å². The molecular weight excluding hydrogens is 355 g/mol. The van der Waals surface area contributed by atoms with E-state index in [9.17, 15) is 4.39 Å². The highest BCUT2D eigenvalue weighted by molar-refractivity contribution is 5.66. The molecule has 0 saturated carbocycles. The van der Waals surface area contributed by atoms with Crippen LogP contribution in [0.15, 0.2) is 42.9 Å². The lowest BCUT2D eigenvalue weighted by Crippen LogP contribution is -2.35. The zero-order chi connectivity index (χ0) is 19.5. The summed E-state index contributed by atoms with van der Waals surface area (Å²) in [6, 6.07) is 6.59. The monoisotopic (exact) mass is 380 g/mol. The molecule has 1 fully saturated rings. The molecule has 3 heterocycles. The van der Waals surface area contributed by atoms with Crippen molar-refractivity contribution in [2.75, 3.05) is 32.1 Å². The summed E-state index contributed by atoms with van der Waals surface area (Å²) in [6.07, 6.45) is 7.66. The van der Waals surface area contributed by atoms with E-state index in [4.69, 9.17) is 4.98 Å². The third-order valence-corrected chi connectivity index (χ3v) is 5.13. The summed E-state index contributed by atoms with van der Waals surface area (Å²) in [5.41, 5.74) is 4.10. The summed E-state index contributed by atoms with van der Waals surface area (Å²) in [5.74, 6) is 1.01. The Kier molecular flexibility index (Phi) is 5.34. The first-order chi connectivity index (χ1) is 13.6. The van der Waals surface area contributed by atoms with Gasteiger partial charge < -0.3 is 9.80 Å². The van der Waals surface area contributed by atoms with Gasteiger partial charge in [0.1, 0.15) is 11.6 Å². The molecule has 3 aromatic rings. The second-order valence-corrected chi connectivity index (χ2v) is 7.60. The van der Waals surface area contributed by atoms with Crippen LogP contribution < -0.4 is 4.90 Å². The molecule has 0 bridgehead atoms. The second kappa shape index (κ2) is 8.06. The van der Waals surface area contributed by atoms with Crippen LogP contribution in [0.4, 0.5) is 10.2 Å². The summed E-state index contributed by atoms with van der Waals surface area (Å²) in [6.45, 7) is 2.60. The number of aromatic amines is 1. The summed E-state index contributed by atoms with van der Waals surface area (Å²) < 4.78 is 13.3. The van der Waals surface area contributed by atoms with Crippen molar-refractivity contribution in [3.05, 3.63) is 60.1 Å². The van der Waals surface area contributed by atoms with Gasteiger partial charge in [0.05, 0.1) is 18.1 Å². The Morgan fingerprint density at radius 3 is 2.79 bits per heavy atom. The molecule has 28 heavy (non-hydrogen) atoms. The predicted molar refractivity (Wildman–Crippen MR) is 108 cm³/mol. The van der Waals surface area contributed by atoms with E-state index in [1.165, 1.54) is 12.1 Å². The van der Waals surface area contributed by atoms with E-state index in [1.807, 2.05) is 32.7 Å². The zero-order valence-electron chi connectivity index (χ0n) is 16.3. The Bertz CT molecular complexity index is 921. The standard InChI is InChI=1S/C21H25FN6/c1-27(2)14-18-10-23-12-20(25-18)28-9-3-4-16(13-28)21-19(11-24-26-21)15-5-7-17(22)8-6-15/h5-8,10-12,16H,3-4,9,13-14H2,1-2H3,(H,24,26)/t16-/m0/s1. The molecule has 0 unspecified atom stereocenters. The molecule has 0 spiro atoms. The summed E-state index contributed by atoms with van der Waals surface area (Å²) in [4.78, 5) is 13.6. The van der Waals surface area contributed by atoms with Gasteiger partial charge in [-0.25, -0.2) is 9.37 Å². The second-order valence-electron chi connectivity index (χ2n) is 7.60. The minimum atomic E-state index is -0.228. The average molecular weight is 380 g/mol. The predicted octanol–water partition coefficient (Wildman–Crippen LogP) is 3.45. The van der Waals surface area contributed by atoms with Gasteiger partial charge in [-0.1, -0.05) is 12.1 Å². The minimum Gasteiger partial charge on any atom is -0.355 e. The van der Waals surface area contributed by atoms with E-state index in [1.54, 1.807) is 12.1 Å². The molecule has 2 aromatic heterocycles. The lowest BCUT2D eigenvalue weighted by atomic mass is 9.90. The van der Waals surface area contributed by atoms with Crippen molar-refractivity contribution >= 4 is 5.82 Å². The van der Waals surface area contributed by atoms with Crippen molar-refractivity contribution in [2.24, 2.45) is 0 Å². The van der Waals surface area contributed by atoms with Crippen LogP contribution >= 0.6 is 0 Å². The third-order valence-electron chi connectivity index (χ3n) is 5.13. The van der Waals surface area contributed by atoms with E-state index < -0.39 is 0 Å². The molecule has 1 saturated heterocycles. The van der Waals surface area contributed by atoms with Crippen LogP contribution in [-0.2, 0) is 6.54 Å². The first-order valence-corrected chi connectivity index (χ1v) is 9.60. The van der Waals surface area contributed by atoms with Crippen LogP contribution in [0.5, 0.6) is 0 Å². The summed E-state index contributed by atoms with van der Waals surface area (Å²) in [7, 11) is 4.06. The first kappa shape index (κ1) is 18.6. The van der Waals surface area contributed by atoms with E-state index in [0.29, 0.717) is 5.92 Å². The Balaban J connectivity index is 1.55. The van der Waals surface area contributed by atoms with Gasteiger partial charge in [0, 0.05) is 43.0 Å². The average Bonchev–Trinajstić information content (AvgIpc) is 3.18. The fourth-order valence-electron chi connectivity index (χ4n) is 3.84. The van der Waals surface area contributed by atoms with Crippen molar-refractivity contribution in [3.63, 3.8) is 0 Å². The molecule has 1 aliphatic rings. The van der Waals surface area contributed by atoms with E-state index in [-0.39, 0.29) is 5.82 Å². The van der Waals surface area contributed by atoms with Crippen LogP contribution in [-0.4, -0.2) is 52.3 Å². The normalized spacial score (nSPS) is 17.3. The Morgan fingerprint density at radius 2 is 2.00 bits per heavy atom. The maximum atomic E-state index is 13.3. The Morgan fingerprint density at radius 1 is 1.18 bits per heavy atom. The van der Waals surface area contributed by atoms with Gasteiger partial charge in [-0.05, 0) is 44.6 Å². The number of hydrogen-bond donors (Lipinski definition) is 1. The van der Waals surface area contributed by atoms with E-state index >= 15 is 0 Å². The molecule has 146 valence electrons. The lowest BCUT2D eigenvalue weighted by molar-refractivity contribution is 0.395. The van der Waals surface area contributed by atoms with Crippen molar-refractivity contribution in [1.82, 2.24) is 25.1 Å². The smallest absolute Gasteiger partial charge is 0.147 e. The van der Waals surface area contributed by atoms with Crippen molar-refractivity contribution < 1.29 is 4.39 Å². The summed E-state index contributed by atoms with van der Waals surface area (Å²) in [5, 5.41) is 7.45. The Labute approximate surface area is 164 Å². The number of halogens is 1. The topological polar surface area (TPSA) is 60.9 Å². The highest BCUT2D eigenvalue weighted by Gasteiger charge is 2.26. The molecule has 0 radical (unpaired) electrons. The van der Waals surface area contributed by atoms with Gasteiger partial charge >= 0.3 is 0 Å². The van der Waals surface area contributed by atoms with Gasteiger partial charge in [0.2, 0.25) is 0 Å². The number of anilines is 1. The fraction of sp³-hybridized carbons (Fsp3) is 0.381. The van der Waals surface area contributed by atoms with Crippen LogP contribution in [0.2, 0.25) is 0 Å². The maximum Gasteiger partial charge on any atom is 0.147 e. The molecular formula is C21H25FN6. The Hall–Kier alpha value is -2.80.